The van der Waals surface area contributed by atoms with E-state index in [-0.39, 0.29) is 29.2 Å². The van der Waals surface area contributed by atoms with Gasteiger partial charge < -0.3 is 21.1 Å². The van der Waals surface area contributed by atoms with E-state index in [1.807, 2.05) is 31.2 Å². The number of benzene rings is 1. The van der Waals surface area contributed by atoms with Crippen LogP contribution in [-0.4, -0.2) is 55.4 Å². The third kappa shape index (κ3) is 8.32. The van der Waals surface area contributed by atoms with Gasteiger partial charge in [-0.3, -0.25) is 0 Å². The van der Waals surface area contributed by atoms with Crippen molar-refractivity contribution in [3.63, 3.8) is 0 Å². The number of piperidine rings is 1. The van der Waals surface area contributed by atoms with Gasteiger partial charge in [0.05, 0.1) is 24.1 Å². The van der Waals surface area contributed by atoms with Crippen molar-refractivity contribution in [2.45, 2.75) is 76.8 Å². The molecule has 1 aliphatic rings. The zero-order chi connectivity index (χ0) is 25.7. The van der Waals surface area contributed by atoms with Crippen LogP contribution in [0, 0.1) is 0 Å². The Labute approximate surface area is 196 Å². The summed E-state index contributed by atoms with van der Waals surface area (Å²) in [4.78, 5) is 21.4. The molecule has 0 radical (unpaired) electrons. The number of carboxylic acid groups (broad SMARTS) is 1. The number of nitrogens with zero attached hydrogens (tertiary/aromatic N) is 3. The number of aromatic nitrogens is 3. The standard InChI is InChI=1S/C20H30N6O.C2HF3O2/c1-14(15-6-8-17(9-7-15)26-11-10-21-25-26)22-18(27)23-16-12-19(2,3)24-20(4,5)13-16;3-2(4,5)1(6)7/h6-11,14,16,24H,12-13H2,1-5H3,(H2,22,23,27);(H,6,7). The molecular weight excluding hydrogens is 453 g/mol. The molecule has 1 fully saturated rings. The van der Waals surface area contributed by atoms with E-state index in [4.69, 9.17) is 9.90 Å². The van der Waals surface area contributed by atoms with Crippen molar-refractivity contribution in [3.8, 4) is 5.69 Å². The van der Waals surface area contributed by atoms with Crippen LogP contribution < -0.4 is 16.0 Å². The number of hydrogen-bond acceptors (Lipinski definition) is 5. The first-order chi connectivity index (χ1) is 15.6. The molecule has 1 saturated heterocycles. The van der Waals surface area contributed by atoms with Crippen molar-refractivity contribution >= 4 is 12.0 Å². The molecule has 12 heteroatoms. The van der Waals surface area contributed by atoms with Crippen LogP contribution in [-0.2, 0) is 4.79 Å². The molecule has 4 N–H and O–H groups in total. The zero-order valence-electron chi connectivity index (χ0n) is 19.8. The van der Waals surface area contributed by atoms with Gasteiger partial charge in [-0.1, -0.05) is 17.3 Å². The minimum atomic E-state index is -5.08. The number of urea groups is 1. The number of nitrogens with one attached hydrogen (secondary N) is 3. The molecule has 1 atom stereocenters. The maximum Gasteiger partial charge on any atom is 0.490 e. The smallest absolute Gasteiger partial charge is 0.475 e. The van der Waals surface area contributed by atoms with Gasteiger partial charge in [0.1, 0.15) is 0 Å². The molecule has 1 aromatic heterocycles. The van der Waals surface area contributed by atoms with Gasteiger partial charge in [0, 0.05) is 17.1 Å². The molecule has 0 aliphatic carbocycles. The highest BCUT2D eigenvalue weighted by Gasteiger charge is 2.39. The Morgan fingerprint density at radius 1 is 1.15 bits per heavy atom. The van der Waals surface area contributed by atoms with Crippen molar-refractivity contribution in [2.75, 3.05) is 0 Å². The molecule has 1 aromatic carbocycles. The van der Waals surface area contributed by atoms with Gasteiger partial charge in [-0.25, -0.2) is 14.3 Å². The van der Waals surface area contributed by atoms with E-state index in [2.05, 4.69) is 54.0 Å². The summed E-state index contributed by atoms with van der Waals surface area (Å²) in [5.74, 6) is -2.76. The van der Waals surface area contributed by atoms with Gasteiger partial charge in [-0.05, 0) is 65.2 Å². The zero-order valence-corrected chi connectivity index (χ0v) is 19.8. The molecule has 2 aromatic rings. The number of aliphatic carboxylic acids is 1. The Kier molecular flexibility index (Phi) is 8.30. The largest absolute Gasteiger partial charge is 0.490 e. The van der Waals surface area contributed by atoms with E-state index < -0.39 is 12.1 Å². The molecule has 3 rings (SSSR count). The Bertz CT molecular complexity index is 943. The molecule has 2 heterocycles. The Morgan fingerprint density at radius 3 is 2.12 bits per heavy atom. The Morgan fingerprint density at radius 2 is 1.68 bits per heavy atom. The molecule has 0 bridgehead atoms. The van der Waals surface area contributed by atoms with Crippen LogP contribution in [0.15, 0.2) is 36.7 Å². The lowest BCUT2D eigenvalue weighted by Crippen LogP contribution is -2.62. The summed E-state index contributed by atoms with van der Waals surface area (Å²) in [6.45, 7) is 10.7. The van der Waals surface area contributed by atoms with Crippen LogP contribution in [0.1, 0.15) is 59.1 Å². The second-order valence-corrected chi connectivity index (χ2v) is 9.58. The van der Waals surface area contributed by atoms with Crippen LogP contribution in [0.4, 0.5) is 18.0 Å². The van der Waals surface area contributed by atoms with Crippen molar-refractivity contribution in [2.24, 2.45) is 0 Å². The minimum Gasteiger partial charge on any atom is -0.475 e. The monoisotopic (exact) mass is 484 g/mol. The fraction of sp³-hybridized carbons (Fsp3) is 0.545. The molecule has 0 saturated carbocycles. The molecule has 188 valence electrons. The number of alkyl halides is 3. The number of hydrogen-bond donors (Lipinski definition) is 4. The number of carbonyl (C=O) groups excluding carboxylic acids is 1. The van der Waals surface area contributed by atoms with Crippen LogP contribution in [0.2, 0.25) is 0 Å². The average molecular weight is 485 g/mol. The van der Waals surface area contributed by atoms with E-state index in [0.29, 0.717) is 0 Å². The van der Waals surface area contributed by atoms with Gasteiger partial charge in [-0.15, -0.1) is 5.10 Å². The van der Waals surface area contributed by atoms with Gasteiger partial charge in [0.15, 0.2) is 0 Å². The number of carboxylic acids is 1. The molecular formula is C22H31F3N6O3. The summed E-state index contributed by atoms with van der Waals surface area (Å²) in [5.41, 5.74) is 1.98. The van der Waals surface area contributed by atoms with Gasteiger partial charge in [0.2, 0.25) is 0 Å². The summed E-state index contributed by atoms with van der Waals surface area (Å²) in [6.07, 6.45) is 0.174. The van der Waals surface area contributed by atoms with Crippen molar-refractivity contribution < 1.29 is 27.9 Å². The van der Waals surface area contributed by atoms with Crippen molar-refractivity contribution in [1.82, 2.24) is 30.9 Å². The second kappa shape index (κ2) is 10.4. The highest BCUT2D eigenvalue weighted by Crippen LogP contribution is 2.28. The predicted molar refractivity (Wildman–Crippen MR) is 119 cm³/mol. The van der Waals surface area contributed by atoms with E-state index in [1.165, 1.54) is 0 Å². The fourth-order valence-corrected chi connectivity index (χ4v) is 4.19. The summed E-state index contributed by atoms with van der Waals surface area (Å²) in [5, 5.41) is 24.8. The molecule has 0 spiro atoms. The van der Waals surface area contributed by atoms with Crippen LogP contribution >= 0.6 is 0 Å². The molecule has 34 heavy (non-hydrogen) atoms. The lowest BCUT2D eigenvalue weighted by atomic mass is 9.80. The van der Waals surface area contributed by atoms with Crippen molar-refractivity contribution in [3.05, 3.63) is 42.2 Å². The van der Waals surface area contributed by atoms with E-state index in [0.717, 1.165) is 24.1 Å². The lowest BCUT2D eigenvalue weighted by molar-refractivity contribution is -0.192. The van der Waals surface area contributed by atoms with Crippen LogP contribution in [0.3, 0.4) is 0 Å². The fourth-order valence-electron chi connectivity index (χ4n) is 4.19. The molecule has 1 aliphatic heterocycles. The summed E-state index contributed by atoms with van der Waals surface area (Å²) >= 11 is 0. The summed E-state index contributed by atoms with van der Waals surface area (Å²) in [7, 11) is 0. The first-order valence-electron chi connectivity index (χ1n) is 10.7. The van der Waals surface area contributed by atoms with Crippen LogP contribution in [0.25, 0.3) is 5.69 Å². The SMILES string of the molecule is CC(NC(=O)NC1CC(C)(C)NC(C)(C)C1)c1ccc(-n2ccnn2)cc1.O=C(O)C(F)(F)F. The second-order valence-electron chi connectivity index (χ2n) is 9.58. The maximum absolute atomic E-state index is 12.5. The number of carbonyl (C=O) groups is 2. The summed E-state index contributed by atoms with van der Waals surface area (Å²) in [6, 6.07) is 7.88. The first-order valence-corrected chi connectivity index (χ1v) is 10.7. The molecule has 9 nitrogen and oxygen atoms in total. The summed E-state index contributed by atoms with van der Waals surface area (Å²) < 4.78 is 33.4. The third-order valence-electron chi connectivity index (χ3n) is 5.20. The normalized spacial score (nSPS) is 18.2. The number of halogens is 3. The Balaban J connectivity index is 0.000000509. The van der Waals surface area contributed by atoms with Crippen LogP contribution in [0.5, 0.6) is 0 Å². The quantitative estimate of drug-likeness (QED) is 0.527. The number of amides is 2. The topological polar surface area (TPSA) is 121 Å². The molecule has 2 amide bonds. The van der Waals surface area contributed by atoms with Crippen molar-refractivity contribution in [1.29, 1.82) is 0 Å². The maximum atomic E-state index is 12.5. The highest BCUT2D eigenvalue weighted by atomic mass is 19.4. The van der Waals surface area contributed by atoms with Gasteiger partial charge >= 0.3 is 18.2 Å². The Hall–Kier alpha value is -3.15. The lowest BCUT2D eigenvalue weighted by Gasteiger charge is -2.46. The first kappa shape index (κ1) is 27.1. The minimum absolute atomic E-state index is 0.00248. The van der Waals surface area contributed by atoms with E-state index in [1.54, 1.807) is 17.1 Å². The van der Waals surface area contributed by atoms with Gasteiger partial charge in [-0.2, -0.15) is 13.2 Å². The third-order valence-corrected chi connectivity index (χ3v) is 5.20. The van der Waals surface area contributed by atoms with Gasteiger partial charge in [0.25, 0.3) is 0 Å². The number of rotatable bonds is 4. The highest BCUT2D eigenvalue weighted by molar-refractivity contribution is 5.75. The average Bonchev–Trinajstić information content (AvgIpc) is 3.20. The predicted octanol–water partition coefficient (Wildman–Crippen LogP) is 3.57. The molecule has 1 unspecified atom stereocenters. The van der Waals surface area contributed by atoms with E-state index in [9.17, 15) is 18.0 Å². The van der Waals surface area contributed by atoms with E-state index >= 15 is 0 Å².